The van der Waals surface area contributed by atoms with Gasteiger partial charge in [0.15, 0.2) is 12.4 Å². The minimum Gasteiger partial charge on any atom is -0.481 e. The molecule has 1 aliphatic heterocycles. The summed E-state index contributed by atoms with van der Waals surface area (Å²) in [6, 6.07) is 4.68. The van der Waals surface area contributed by atoms with Gasteiger partial charge in [0, 0.05) is 6.54 Å². The molecule has 1 aromatic carbocycles. The summed E-state index contributed by atoms with van der Waals surface area (Å²) in [5.74, 6) is -0.604. The van der Waals surface area contributed by atoms with E-state index in [0.717, 1.165) is 4.90 Å². The zero-order valence-electron chi connectivity index (χ0n) is 11.6. The van der Waals surface area contributed by atoms with E-state index in [9.17, 15) is 18.4 Å². The molecule has 0 atom stereocenters. The van der Waals surface area contributed by atoms with Gasteiger partial charge in [-0.15, -0.1) is 0 Å². The van der Waals surface area contributed by atoms with Gasteiger partial charge in [-0.25, -0.2) is 8.78 Å². The van der Waals surface area contributed by atoms with Crippen LogP contribution in [0.4, 0.5) is 14.5 Å². The van der Waals surface area contributed by atoms with E-state index in [4.69, 9.17) is 4.74 Å². The van der Waals surface area contributed by atoms with Crippen molar-refractivity contribution in [2.45, 2.75) is 19.8 Å². The molecule has 0 bridgehead atoms. The largest absolute Gasteiger partial charge is 0.481 e. The van der Waals surface area contributed by atoms with Crippen molar-refractivity contribution in [1.29, 1.82) is 0 Å². The van der Waals surface area contributed by atoms with Crippen LogP contribution >= 0.6 is 0 Å². The lowest BCUT2D eigenvalue weighted by atomic mass is 10.1. The van der Waals surface area contributed by atoms with E-state index >= 15 is 0 Å². The first-order valence-electron chi connectivity index (χ1n) is 6.66. The van der Waals surface area contributed by atoms with Gasteiger partial charge in [-0.1, -0.05) is 13.0 Å². The van der Waals surface area contributed by atoms with Crippen LogP contribution in [0.5, 0.6) is 5.75 Å². The Balaban J connectivity index is 2.29. The molecule has 21 heavy (non-hydrogen) atoms. The number of benzene rings is 1. The number of fused-ring (bicyclic) bond motifs is 1. The van der Waals surface area contributed by atoms with Gasteiger partial charge in [0.2, 0.25) is 0 Å². The molecular weight excluding hydrogens is 282 g/mol. The summed E-state index contributed by atoms with van der Waals surface area (Å²) in [4.78, 5) is 24.8. The Hall–Kier alpha value is -2.18. The molecule has 1 aromatic rings. The molecule has 1 aliphatic rings. The van der Waals surface area contributed by atoms with Crippen LogP contribution in [-0.4, -0.2) is 42.8 Å². The van der Waals surface area contributed by atoms with Crippen molar-refractivity contribution in [3.63, 3.8) is 0 Å². The van der Waals surface area contributed by atoms with Crippen molar-refractivity contribution in [3.05, 3.63) is 23.8 Å². The SMILES string of the molecule is CCCN(CC(F)F)C(=O)c1cccc2c1OCC(=O)N2. The predicted octanol–water partition coefficient (Wildman–Crippen LogP) is 2.13. The van der Waals surface area contributed by atoms with Gasteiger partial charge in [-0.05, 0) is 18.6 Å². The number of carbonyl (C=O) groups is 2. The fourth-order valence-corrected chi connectivity index (χ4v) is 2.17. The molecule has 7 heteroatoms. The van der Waals surface area contributed by atoms with Crippen LogP contribution in [-0.2, 0) is 4.79 Å². The molecule has 5 nitrogen and oxygen atoms in total. The number of nitrogens with one attached hydrogen (secondary N) is 1. The number of hydrogen-bond acceptors (Lipinski definition) is 3. The van der Waals surface area contributed by atoms with Gasteiger partial charge in [-0.2, -0.15) is 0 Å². The number of amides is 2. The minimum atomic E-state index is -2.60. The van der Waals surface area contributed by atoms with Crippen molar-refractivity contribution in [2.75, 3.05) is 25.0 Å². The number of para-hydroxylation sites is 1. The molecule has 0 saturated carbocycles. The summed E-state index contributed by atoms with van der Waals surface area (Å²) in [5, 5.41) is 2.58. The third-order valence-electron chi connectivity index (χ3n) is 3.01. The molecule has 0 radical (unpaired) electrons. The van der Waals surface area contributed by atoms with Crippen LogP contribution in [0.2, 0.25) is 0 Å². The second kappa shape index (κ2) is 6.51. The van der Waals surface area contributed by atoms with E-state index in [1.807, 2.05) is 6.92 Å². The molecule has 0 fully saturated rings. The fourth-order valence-electron chi connectivity index (χ4n) is 2.17. The van der Waals surface area contributed by atoms with E-state index < -0.39 is 18.9 Å². The van der Waals surface area contributed by atoms with Crippen LogP contribution in [0, 0.1) is 0 Å². The van der Waals surface area contributed by atoms with Crippen molar-refractivity contribution >= 4 is 17.5 Å². The summed E-state index contributed by atoms with van der Waals surface area (Å²) in [6.45, 7) is 1.23. The van der Waals surface area contributed by atoms with E-state index in [0.29, 0.717) is 12.1 Å². The average Bonchev–Trinajstić information content (AvgIpc) is 2.44. The Morgan fingerprint density at radius 2 is 2.24 bits per heavy atom. The summed E-state index contributed by atoms with van der Waals surface area (Å²) < 4.78 is 30.5. The molecule has 114 valence electrons. The zero-order valence-corrected chi connectivity index (χ0v) is 11.6. The molecule has 0 saturated heterocycles. The van der Waals surface area contributed by atoms with Gasteiger partial charge >= 0.3 is 0 Å². The van der Waals surface area contributed by atoms with Crippen LogP contribution in [0.1, 0.15) is 23.7 Å². The normalized spacial score (nSPS) is 13.4. The smallest absolute Gasteiger partial charge is 0.262 e. The van der Waals surface area contributed by atoms with Crippen LogP contribution in [0.25, 0.3) is 0 Å². The number of anilines is 1. The highest BCUT2D eigenvalue weighted by atomic mass is 19.3. The quantitative estimate of drug-likeness (QED) is 0.906. The second-order valence-electron chi connectivity index (χ2n) is 4.66. The van der Waals surface area contributed by atoms with Crippen molar-refractivity contribution < 1.29 is 23.1 Å². The van der Waals surface area contributed by atoms with E-state index in [1.165, 1.54) is 6.07 Å². The van der Waals surface area contributed by atoms with Gasteiger partial charge in [0.1, 0.15) is 0 Å². The Morgan fingerprint density at radius 1 is 1.48 bits per heavy atom. The topological polar surface area (TPSA) is 58.6 Å². The molecule has 0 spiro atoms. The average molecular weight is 298 g/mol. The van der Waals surface area contributed by atoms with E-state index in [2.05, 4.69) is 5.32 Å². The first-order chi connectivity index (χ1) is 10.0. The van der Waals surface area contributed by atoms with Gasteiger partial charge < -0.3 is 15.0 Å². The molecular formula is C14H16F2N2O3. The molecule has 0 aromatic heterocycles. The molecule has 0 unspecified atom stereocenters. The fraction of sp³-hybridized carbons (Fsp3) is 0.429. The second-order valence-corrected chi connectivity index (χ2v) is 4.66. The maximum atomic E-state index is 12.6. The molecule has 1 heterocycles. The third kappa shape index (κ3) is 3.48. The zero-order chi connectivity index (χ0) is 15.4. The van der Waals surface area contributed by atoms with Crippen LogP contribution in [0.15, 0.2) is 18.2 Å². The van der Waals surface area contributed by atoms with Crippen LogP contribution in [0.3, 0.4) is 0 Å². The molecule has 2 amide bonds. The van der Waals surface area contributed by atoms with Crippen molar-refractivity contribution in [2.24, 2.45) is 0 Å². The highest BCUT2D eigenvalue weighted by molar-refractivity contribution is 6.03. The molecule has 0 aliphatic carbocycles. The maximum Gasteiger partial charge on any atom is 0.262 e. The third-order valence-corrected chi connectivity index (χ3v) is 3.01. The first-order valence-corrected chi connectivity index (χ1v) is 6.66. The van der Waals surface area contributed by atoms with Crippen LogP contribution < -0.4 is 10.1 Å². The minimum absolute atomic E-state index is 0.182. The van der Waals surface area contributed by atoms with E-state index in [1.54, 1.807) is 12.1 Å². The monoisotopic (exact) mass is 298 g/mol. The highest BCUT2D eigenvalue weighted by Crippen LogP contribution is 2.32. The summed E-state index contributed by atoms with van der Waals surface area (Å²) in [7, 11) is 0. The standard InChI is InChI=1S/C14H16F2N2O3/c1-2-6-18(7-11(15)16)14(20)9-4-3-5-10-13(9)21-8-12(19)17-10/h3-5,11H,2,6-8H2,1H3,(H,17,19). The highest BCUT2D eigenvalue weighted by Gasteiger charge is 2.26. The Morgan fingerprint density at radius 3 is 2.90 bits per heavy atom. The van der Waals surface area contributed by atoms with E-state index in [-0.39, 0.29) is 30.4 Å². The number of hydrogen-bond donors (Lipinski definition) is 1. The maximum absolute atomic E-state index is 12.6. The first kappa shape index (κ1) is 15.2. The van der Waals surface area contributed by atoms with Gasteiger partial charge in [0.25, 0.3) is 18.2 Å². The number of alkyl halides is 2. The van der Waals surface area contributed by atoms with Gasteiger partial charge in [0.05, 0.1) is 17.8 Å². The Bertz CT molecular complexity index is 549. The Kier molecular flexibility index (Phi) is 4.72. The number of ether oxygens (including phenoxy) is 1. The van der Waals surface area contributed by atoms with Gasteiger partial charge in [-0.3, -0.25) is 9.59 Å². The molecule has 1 N–H and O–H groups in total. The number of halogens is 2. The van der Waals surface area contributed by atoms with Crippen molar-refractivity contribution in [3.8, 4) is 5.75 Å². The lowest BCUT2D eigenvalue weighted by Crippen LogP contribution is -2.36. The number of carbonyl (C=O) groups excluding carboxylic acids is 2. The lowest BCUT2D eigenvalue weighted by Gasteiger charge is -2.25. The summed E-state index contributed by atoms with van der Waals surface area (Å²) in [5.41, 5.74) is 0.562. The summed E-state index contributed by atoms with van der Waals surface area (Å²) >= 11 is 0. The lowest BCUT2D eigenvalue weighted by molar-refractivity contribution is -0.118. The van der Waals surface area contributed by atoms with Crippen molar-refractivity contribution in [1.82, 2.24) is 4.90 Å². The summed E-state index contributed by atoms with van der Waals surface area (Å²) in [6.07, 6.45) is -2.02. The number of rotatable bonds is 5. The predicted molar refractivity (Wildman–Crippen MR) is 72.8 cm³/mol. The Labute approximate surface area is 120 Å². The molecule has 2 rings (SSSR count). The number of nitrogens with zero attached hydrogens (tertiary/aromatic N) is 1.